The van der Waals surface area contributed by atoms with Crippen LogP contribution in [0, 0.1) is 5.92 Å². The predicted octanol–water partition coefficient (Wildman–Crippen LogP) is 2.14. The molecule has 2 atom stereocenters. The molecule has 2 aromatic rings. The Labute approximate surface area is 201 Å². The monoisotopic (exact) mass is 467 g/mol. The van der Waals surface area contributed by atoms with Gasteiger partial charge in [0.05, 0.1) is 6.04 Å². The molecule has 2 fully saturated rings. The van der Waals surface area contributed by atoms with Gasteiger partial charge < -0.3 is 25.0 Å². The van der Waals surface area contributed by atoms with Crippen molar-refractivity contribution in [1.82, 2.24) is 25.0 Å². The van der Waals surface area contributed by atoms with Gasteiger partial charge in [0, 0.05) is 55.9 Å². The van der Waals surface area contributed by atoms with Crippen LogP contribution in [-0.2, 0) is 16.6 Å². The maximum atomic E-state index is 13.5. The Morgan fingerprint density at radius 1 is 0.971 bits per heavy atom. The smallest absolute Gasteiger partial charge is 0.253 e. The highest BCUT2D eigenvalue weighted by Crippen LogP contribution is 2.28. The van der Waals surface area contributed by atoms with E-state index in [2.05, 4.69) is 10.6 Å². The van der Waals surface area contributed by atoms with Gasteiger partial charge in [-0.3, -0.25) is 14.4 Å². The fraction of sp³-hybridized carbons (Fsp3) is 0.577. The summed E-state index contributed by atoms with van der Waals surface area (Å²) in [7, 11) is 3.73. The van der Waals surface area contributed by atoms with Crippen molar-refractivity contribution < 1.29 is 14.4 Å². The standard InChI is InChI=1S/C26H37N5O3/c1-18(27-2)24(32)28-23(19-7-5-4-6-8-19)26(34)31-15-13-30(14-16-31)25(33)21-9-10-22-20(17-21)11-12-29(22)3/h9-12,17-19,23,27H,4-8,13-16H2,1-3H3,(H,28,32)/t18-,23-/m0/s1. The van der Waals surface area contributed by atoms with Crippen LogP contribution in [-0.4, -0.2) is 77.4 Å². The lowest BCUT2D eigenvalue weighted by Gasteiger charge is -2.39. The second-order valence-corrected chi connectivity index (χ2v) is 9.71. The third-order valence-electron chi connectivity index (χ3n) is 7.52. The summed E-state index contributed by atoms with van der Waals surface area (Å²) in [5, 5.41) is 7.04. The molecule has 1 aliphatic heterocycles. The Morgan fingerprint density at radius 3 is 2.32 bits per heavy atom. The second-order valence-electron chi connectivity index (χ2n) is 9.71. The van der Waals surface area contributed by atoms with Crippen LogP contribution in [0.15, 0.2) is 30.5 Å². The zero-order valence-electron chi connectivity index (χ0n) is 20.5. The summed E-state index contributed by atoms with van der Waals surface area (Å²) in [4.78, 5) is 42.9. The fourth-order valence-corrected chi connectivity index (χ4v) is 5.18. The van der Waals surface area contributed by atoms with E-state index in [1.807, 2.05) is 51.9 Å². The third kappa shape index (κ3) is 5.12. The fourth-order valence-electron chi connectivity index (χ4n) is 5.18. The molecule has 1 saturated carbocycles. The van der Waals surface area contributed by atoms with Crippen molar-refractivity contribution >= 4 is 28.6 Å². The summed E-state index contributed by atoms with van der Waals surface area (Å²) in [6.07, 6.45) is 7.30. The van der Waals surface area contributed by atoms with Crippen LogP contribution < -0.4 is 10.6 Å². The second kappa shape index (κ2) is 10.6. The van der Waals surface area contributed by atoms with E-state index in [4.69, 9.17) is 0 Å². The molecular formula is C26H37N5O3. The minimum absolute atomic E-state index is 0.00201. The summed E-state index contributed by atoms with van der Waals surface area (Å²) in [5.74, 6) is 0.0160. The molecule has 0 radical (unpaired) electrons. The highest BCUT2D eigenvalue weighted by molar-refractivity contribution is 5.98. The van der Waals surface area contributed by atoms with E-state index in [9.17, 15) is 14.4 Å². The van der Waals surface area contributed by atoms with Crippen LogP contribution in [0.25, 0.3) is 10.9 Å². The van der Waals surface area contributed by atoms with Gasteiger partial charge in [0.1, 0.15) is 6.04 Å². The Bertz CT molecular complexity index is 1030. The van der Waals surface area contributed by atoms with Crippen molar-refractivity contribution in [2.24, 2.45) is 13.0 Å². The molecule has 0 spiro atoms. The lowest BCUT2D eigenvalue weighted by molar-refractivity contribution is -0.140. The number of carbonyl (C=O) groups is 3. The molecule has 1 aromatic carbocycles. The first kappa shape index (κ1) is 24.3. The predicted molar refractivity (Wildman–Crippen MR) is 132 cm³/mol. The lowest BCUT2D eigenvalue weighted by atomic mass is 9.83. The molecule has 2 heterocycles. The number of benzene rings is 1. The van der Waals surface area contributed by atoms with E-state index < -0.39 is 6.04 Å². The quantitative estimate of drug-likeness (QED) is 0.682. The average Bonchev–Trinajstić information content (AvgIpc) is 3.26. The van der Waals surface area contributed by atoms with Crippen LogP contribution in [0.5, 0.6) is 0 Å². The zero-order chi connectivity index (χ0) is 24.2. The van der Waals surface area contributed by atoms with Gasteiger partial charge >= 0.3 is 0 Å². The third-order valence-corrected chi connectivity index (χ3v) is 7.52. The molecule has 8 heteroatoms. The number of nitrogens with zero attached hydrogens (tertiary/aromatic N) is 3. The van der Waals surface area contributed by atoms with E-state index in [1.54, 1.807) is 14.0 Å². The maximum absolute atomic E-state index is 13.5. The van der Waals surface area contributed by atoms with Crippen LogP contribution in [0.1, 0.15) is 49.4 Å². The van der Waals surface area contributed by atoms with Gasteiger partial charge in [0.25, 0.3) is 5.91 Å². The van der Waals surface area contributed by atoms with E-state index in [0.717, 1.165) is 36.6 Å². The molecule has 2 N–H and O–H groups in total. The largest absolute Gasteiger partial charge is 0.351 e. The van der Waals surface area contributed by atoms with Crippen molar-refractivity contribution in [3.8, 4) is 0 Å². The Morgan fingerprint density at radius 2 is 1.65 bits per heavy atom. The highest BCUT2D eigenvalue weighted by Gasteiger charge is 2.36. The van der Waals surface area contributed by atoms with Gasteiger partial charge in [0.15, 0.2) is 0 Å². The molecule has 0 bridgehead atoms. The number of carbonyl (C=O) groups excluding carboxylic acids is 3. The normalized spacial score (nSPS) is 19.1. The Hall–Kier alpha value is -2.87. The highest BCUT2D eigenvalue weighted by atomic mass is 16.2. The number of hydrogen-bond donors (Lipinski definition) is 2. The average molecular weight is 468 g/mol. The van der Waals surface area contributed by atoms with Crippen molar-refractivity contribution in [1.29, 1.82) is 0 Å². The van der Waals surface area contributed by atoms with Crippen molar-refractivity contribution in [3.63, 3.8) is 0 Å². The van der Waals surface area contributed by atoms with Gasteiger partial charge in [-0.2, -0.15) is 0 Å². The van der Waals surface area contributed by atoms with Gasteiger partial charge in [-0.05, 0) is 57.0 Å². The minimum atomic E-state index is -0.494. The summed E-state index contributed by atoms with van der Waals surface area (Å²) in [6, 6.07) is 6.96. The first-order valence-corrected chi connectivity index (χ1v) is 12.5. The Balaban J connectivity index is 1.40. The number of likely N-dealkylation sites (N-methyl/N-ethyl adjacent to an activating group) is 1. The minimum Gasteiger partial charge on any atom is -0.351 e. The number of aryl methyl sites for hydroxylation is 1. The number of nitrogens with one attached hydrogen (secondary N) is 2. The van der Waals surface area contributed by atoms with Crippen LogP contribution in [0.2, 0.25) is 0 Å². The first-order chi connectivity index (χ1) is 16.4. The SMILES string of the molecule is CN[C@@H](C)C(=O)N[C@H](C(=O)N1CCN(C(=O)c2ccc3c(ccn3C)c2)CC1)C1CCCCC1. The number of rotatable bonds is 6. The van der Waals surface area contributed by atoms with Gasteiger partial charge in [0.2, 0.25) is 11.8 Å². The summed E-state index contributed by atoms with van der Waals surface area (Å²) in [5.41, 5.74) is 1.77. The van der Waals surface area contributed by atoms with Crippen LogP contribution >= 0.6 is 0 Å². The van der Waals surface area contributed by atoms with Gasteiger partial charge in [-0.25, -0.2) is 0 Å². The number of piperazine rings is 1. The van der Waals surface area contributed by atoms with Gasteiger partial charge in [-0.1, -0.05) is 19.3 Å². The molecule has 1 aliphatic carbocycles. The van der Waals surface area contributed by atoms with E-state index >= 15 is 0 Å². The topological polar surface area (TPSA) is 86.7 Å². The first-order valence-electron chi connectivity index (χ1n) is 12.5. The van der Waals surface area contributed by atoms with E-state index in [1.165, 1.54) is 6.42 Å². The molecule has 8 nitrogen and oxygen atoms in total. The number of hydrogen-bond acceptors (Lipinski definition) is 4. The molecule has 0 unspecified atom stereocenters. The summed E-state index contributed by atoms with van der Waals surface area (Å²) >= 11 is 0. The number of aromatic nitrogens is 1. The molecule has 3 amide bonds. The van der Waals surface area contributed by atoms with Crippen LogP contribution in [0.3, 0.4) is 0 Å². The van der Waals surface area contributed by atoms with Crippen molar-refractivity contribution in [3.05, 3.63) is 36.0 Å². The molecule has 4 rings (SSSR count). The molecule has 184 valence electrons. The maximum Gasteiger partial charge on any atom is 0.253 e. The molecule has 34 heavy (non-hydrogen) atoms. The summed E-state index contributed by atoms with van der Waals surface area (Å²) in [6.45, 7) is 3.76. The van der Waals surface area contributed by atoms with Crippen molar-refractivity contribution in [2.75, 3.05) is 33.2 Å². The number of amides is 3. The lowest BCUT2D eigenvalue weighted by Crippen LogP contribution is -2.59. The van der Waals surface area contributed by atoms with Crippen molar-refractivity contribution in [2.45, 2.75) is 51.1 Å². The zero-order valence-corrected chi connectivity index (χ0v) is 20.5. The number of fused-ring (bicyclic) bond motifs is 1. The molecule has 1 aromatic heterocycles. The van der Waals surface area contributed by atoms with Gasteiger partial charge in [-0.15, -0.1) is 0 Å². The van der Waals surface area contributed by atoms with E-state index in [-0.39, 0.29) is 29.7 Å². The molecular weight excluding hydrogens is 430 g/mol. The molecule has 2 aliphatic rings. The molecule has 1 saturated heterocycles. The Kier molecular flexibility index (Phi) is 7.56. The summed E-state index contributed by atoms with van der Waals surface area (Å²) < 4.78 is 2.03. The van der Waals surface area contributed by atoms with E-state index in [0.29, 0.717) is 31.7 Å². The van der Waals surface area contributed by atoms with Crippen LogP contribution in [0.4, 0.5) is 0 Å².